The van der Waals surface area contributed by atoms with Crippen LogP contribution in [0.15, 0.2) is 4.52 Å². The summed E-state index contributed by atoms with van der Waals surface area (Å²) in [6, 6.07) is 0.336. The third-order valence-electron chi connectivity index (χ3n) is 3.86. The Morgan fingerprint density at radius 3 is 2.89 bits per heavy atom. The van der Waals surface area contributed by atoms with Gasteiger partial charge >= 0.3 is 0 Å². The maximum atomic E-state index is 12.7. The van der Waals surface area contributed by atoms with Gasteiger partial charge in [-0.05, 0) is 53.1 Å². The van der Waals surface area contributed by atoms with Crippen molar-refractivity contribution in [2.24, 2.45) is 0 Å². The standard InChI is InChI=1S/C14H23N3O2/c1-10-13(11(2)19-16-10)14(18)17-9-5-4-6-12(17)7-8-15-3/h12,15H,4-9H2,1-3H3. The second-order valence-electron chi connectivity index (χ2n) is 5.24. The van der Waals surface area contributed by atoms with Crippen LogP contribution >= 0.6 is 0 Å². The number of nitrogens with one attached hydrogen (secondary N) is 1. The van der Waals surface area contributed by atoms with Crippen molar-refractivity contribution in [1.29, 1.82) is 0 Å². The normalized spacial score (nSPS) is 19.7. The average Bonchev–Trinajstić information content (AvgIpc) is 2.75. The molecule has 106 valence electrons. The molecule has 1 N–H and O–H groups in total. The minimum atomic E-state index is 0.0806. The molecule has 1 atom stereocenters. The van der Waals surface area contributed by atoms with Crippen molar-refractivity contribution >= 4 is 5.91 Å². The fourth-order valence-electron chi connectivity index (χ4n) is 2.81. The Kier molecular flexibility index (Phi) is 4.58. The average molecular weight is 265 g/mol. The van der Waals surface area contributed by atoms with Crippen molar-refractivity contribution in [1.82, 2.24) is 15.4 Å². The van der Waals surface area contributed by atoms with Gasteiger partial charge in [-0.1, -0.05) is 5.16 Å². The number of nitrogens with zero attached hydrogens (tertiary/aromatic N) is 2. The van der Waals surface area contributed by atoms with Crippen LogP contribution < -0.4 is 5.32 Å². The lowest BCUT2D eigenvalue weighted by atomic mass is 9.98. The monoisotopic (exact) mass is 265 g/mol. The van der Waals surface area contributed by atoms with Gasteiger partial charge in [0.1, 0.15) is 11.3 Å². The molecular formula is C14H23N3O2. The van der Waals surface area contributed by atoms with Crippen molar-refractivity contribution in [3.8, 4) is 0 Å². The highest BCUT2D eigenvalue weighted by Gasteiger charge is 2.30. The maximum absolute atomic E-state index is 12.7. The number of amides is 1. The lowest BCUT2D eigenvalue weighted by Crippen LogP contribution is -2.45. The van der Waals surface area contributed by atoms with E-state index < -0.39 is 0 Å². The Morgan fingerprint density at radius 1 is 1.47 bits per heavy atom. The fourth-order valence-corrected chi connectivity index (χ4v) is 2.81. The van der Waals surface area contributed by atoms with Crippen LogP contribution in [0, 0.1) is 13.8 Å². The van der Waals surface area contributed by atoms with E-state index in [1.807, 2.05) is 18.9 Å². The van der Waals surface area contributed by atoms with Gasteiger partial charge < -0.3 is 14.7 Å². The van der Waals surface area contributed by atoms with Crippen LogP contribution in [-0.2, 0) is 0 Å². The quantitative estimate of drug-likeness (QED) is 0.903. The first-order valence-electron chi connectivity index (χ1n) is 7.03. The van der Waals surface area contributed by atoms with E-state index in [4.69, 9.17) is 4.52 Å². The molecule has 0 spiro atoms. The van der Waals surface area contributed by atoms with E-state index in [2.05, 4.69) is 10.5 Å². The molecular weight excluding hydrogens is 242 g/mol. The third kappa shape index (κ3) is 2.97. The molecule has 1 aromatic rings. The van der Waals surface area contributed by atoms with Crippen LogP contribution in [-0.4, -0.2) is 42.1 Å². The Labute approximate surface area is 114 Å². The molecule has 2 heterocycles. The second-order valence-corrected chi connectivity index (χ2v) is 5.24. The van der Waals surface area contributed by atoms with Crippen molar-refractivity contribution in [3.05, 3.63) is 17.0 Å². The van der Waals surface area contributed by atoms with Crippen molar-refractivity contribution in [2.75, 3.05) is 20.1 Å². The molecule has 5 heteroatoms. The summed E-state index contributed by atoms with van der Waals surface area (Å²) in [7, 11) is 1.95. The zero-order valence-corrected chi connectivity index (χ0v) is 12.0. The highest BCUT2D eigenvalue weighted by molar-refractivity contribution is 5.96. The smallest absolute Gasteiger partial charge is 0.259 e. The summed E-state index contributed by atoms with van der Waals surface area (Å²) in [6.07, 6.45) is 4.40. The topological polar surface area (TPSA) is 58.4 Å². The molecule has 1 amide bonds. The van der Waals surface area contributed by atoms with Crippen molar-refractivity contribution < 1.29 is 9.32 Å². The van der Waals surface area contributed by atoms with E-state index >= 15 is 0 Å². The first kappa shape index (κ1) is 14.1. The lowest BCUT2D eigenvalue weighted by Gasteiger charge is -2.35. The molecule has 5 nitrogen and oxygen atoms in total. The van der Waals surface area contributed by atoms with Gasteiger partial charge in [0.15, 0.2) is 0 Å². The van der Waals surface area contributed by atoms with Crippen LogP contribution in [0.5, 0.6) is 0 Å². The molecule has 0 aromatic carbocycles. The molecule has 1 unspecified atom stereocenters. The first-order valence-corrected chi connectivity index (χ1v) is 7.03. The summed E-state index contributed by atoms with van der Waals surface area (Å²) in [5, 5.41) is 7.05. The summed E-state index contributed by atoms with van der Waals surface area (Å²) in [4.78, 5) is 14.7. The highest BCUT2D eigenvalue weighted by atomic mass is 16.5. The predicted molar refractivity (Wildman–Crippen MR) is 73.2 cm³/mol. The van der Waals surface area contributed by atoms with Gasteiger partial charge in [-0.3, -0.25) is 4.79 Å². The summed E-state index contributed by atoms with van der Waals surface area (Å²) in [6.45, 7) is 5.42. The first-order chi connectivity index (χ1) is 9.15. The summed E-state index contributed by atoms with van der Waals surface area (Å²) < 4.78 is 5.11. The number of aromatic nitrogens is 1. The molecule has 1 saturated heterocycles. The SMILES string of the molecule is CNCCC1CCCCN1C(=O)c1c(C)noc1C. The molecule has 0 saturated carbocycles. The fraction of sp³-hybridized carbons (Fsp3) is 0.714. The zero-order chi connectivity index (χ0) is 13.8. The van der Waals surface area contributed by atoms with Gasteiger partial charge in [-0.2, -0.15) is 0 Å². The number of carbonyl (C=O) groups is 1. The molecule has 1 fully saturated rings. The Balaban J connectivity index is 2.15. The van der Waals surface area contributed by atoms with Crippen LogP contribution in [0.3, 0.4) is 0 Å². The van der Waals surface area contributed by atoms with E-state index in [0.717, 1.165) is 32.4 Å². The lowest BCUT2D eigenvalue weighted by molar-refractivity contribution is 0.0600. The number of rotatable bonds is 4. The summed E-state index contributed by atoms with van der Waals surface area (Å²) >= 11 is 0. The van der Waals surface area contributed by atoms with Crippen LogP contribution in [0.25, 0.3) is 0 Å². The van der Waals surface area contributed by atoms with E-state index in [1.54, 1.807) is 6.92 Å². The van der Waals surface area contributed by atoms with Crippen molar-refractivity contribution in [2.45, 2.75) is 45.6 Å². The zero-order valence-electron chi connectivity index (χ0n) is 12.0. The molecule has 1 aliphatic rings. The Morgan fingerprint density at radius 2 is 2.26 bits per heavy atom. The molecule has 1 aromatic heterocycles. The summed E-state index contributed by atoms with van der Waals surface area (Å²) in [5.74, 6) is 0.706. The van der Waals surface area contributed by atoms with E-state index in [1.165, 1.54) is 6.42 Å². The Hall–Kier alpha value is -1.36. The van der Waals surface area contributed by atoms with Gasteiger partial charge in [0.05, 0.1) is 5.69 Å². The minimum absolute atomic E-state index is 0.0806. The number of likely N-dealkylation sites (tertiary alicyclic amines) is 1. The second kappa shape index (κ2) is 6.19. The van der Waals surface area contributed by atoms with E-state index in [9.17, 15) is 4.79 Å². The molecule has 0 bridgehead atoms. The van der Waals surface area contributed by atoms with Gasteiger partial charge in [0, 0.05) is 12.6 Å². The minimum Gasteiger partial charge on any atom is -0.361 e. The van der Waals surface area contributed by atoms with Crippen molar-refractivity contribution in [3.63, 3.8) is 0 Å². The van der Waals surface area contributed by atoms with Gasteiger partial charge in [-0.15, -0.1) is 0 Å². The van der Waals surface area contributed by atoms with Crippen LogP contribution in [0.2, 0.25) is 0 Å². The van der Waals surface area contributed by atoms with E-state index in [0.29, 0.717) is 23.1 Å². The molecule has 19 heavy (non-hydrogen) atoms. The molecule has 0 radical (unpaired) electrons. The Bertz CT molecular complexity index is 422. The third-order valence-corrected chi connectivity index (χ3v) is 3.86. The number of hydrogen-bond donors (Lipinski definition) is 1. The maximum Gasteiger partial charge on any atom is 0.259 e. The highest BCUT2D eigenvalue weighted by Crippen LogP contribution is 2.24. The molecule has 2 rings (SSSR count). The van der Waals surface area contributed by atoms with Gasteiger partial charge in [-0.25, -0.2) is 0 Å². The molecule has 1 aliphatic heterocycles. The number of carbonyl (C=O) groups excluding carboxylic acids is 1. The number of hydrogen-bond acceptors (Lipinski definition) is 4. The van der Waals surface area contributed by atoms with E-state index in [-0.39, 0.29) is 5.91 Å². The van der Waals surface area contributed by atoms with Gasteiger partial charge in [0.25, 0.3) is 5.91 Å². The van der Waals surface area contributed by atoms with Crippen LogP contribution in [0.4, 0.5) is 0 Å². The number of aryl methyl sites for hydroxylation is 2. The largest absolute Gasteiger partial charge is 0.361 e. The van der Waals surface area contributed by atoms with Gasteiger partial charge in [0.2, 0.25) is 0 Å². The van der Waals surface area contributed by atoms with Crippen LogP contribution in [0.1, 0.15) is 47.5 Å². The number of piperidine rings is 1. The summed E-state index contributed by atoms with van der Waals surface area (Å²) in [5.41, 5.74) is 1.34. The predicted octanol–water partition coefficient (Wildman–Crippen LogP) is 1.90. The molecule has 0 aliphatic carbocycles.